The van der Waals surface area contributed by atoms with Crippen LogP contribution in [0, 0.1) is 0 Å². The number of nitrogens with zero attached hydrogens (tertiary/aromatic N) is 1. The first-order valence-corrected chi connectivity index (χ1v) is 21.5. The van der Waals surface area contributed by atoms with Gasteiger partial charge >= 0.3 is 11.9 Å². The number of phosphoric acid groups is 1. The van der Waals surface area contributed by atoms with E-state index in [9.17, 15) is 19.0 Å². The molecule has 0 aliphatic carbocycles. The van der Waals surface area contributed by atoms with Crippen LogP contribution in [0.15, 0.2) is 60.8 Å². The van der Waals surface area contributed by atoms with Crippen molar-refractivity contribution < 1.29 is 42.1 Å². The van der Waals surface area contributed by atoms with Crippen LogP contribution in [0.3, 0.4) is 0 Å². The summed E-state index contributed by atoms with van der Waals surface area (Å²) in [5, 5.41) is 0. The Labute approximate surface area is 317 Å². The molecule has 0 spiro atoms. The van der Waals surface area contributed by atoms with Gasteiger partial charge in [0.15, 0.2) is 6.10 Å². The predicted octanol–water partition coefficient (Wildman–Crippen LogP) is 10.3. The maximum absolute atomic E-state index is 12.6. The van der Waals surface area contributed by atoms with Crippen LogP contribution in [0.4, 0.5) is 0 Å². The average molecular weight is 752 g/mol. The summed E-state index contributed by atoms with van der Waals surface area (Å²) in [6.45, 7) is 4.01. The number of carbonyl (C=O) groups is 2. The molecular formula is C42H74NO8P. The van der Waals surface area contributed by atoms with Crippen molar-refractivity contribution in [2.75, 3.05) is 47.5 Å². The highest BCUT2D eigenvalue weighted by Gasteiger charge is 2.21. The van der Waals surface area contributed by atoms with E-state index < -0.39 is 32.5 Å². The second kappa shape index (κ2) is 34.5. The standard InChI is InChI=1S/C42H74NO8P/c1-6-8-10-12-14-16-18-19-20-21-22-23-25-26-28-30-32-34-41(44)48-38-40(39-50-52(46,47)49-37-36-43(3,4)5)51-42(45)35-33-31-29-27-24-17-15-13-11-9-7-2/h8,10,14,16,19-20,22-23,26,28,40H,6-7,9,11-13,15,17-18,21,24-25,27,29-39H2,1-5H3/b10-8+,16-14+,20-19+,23-22+,28-26+/t40-/m0/s1. The number of unbranched alkanes of at least 4 members (excludes halogenated alkanes) is 11. The van der Waals surface area contributed by atoms with Crippen LogP contribution in [0.2, 0.25) is 0 Å². The number of hydrogen-bond donors (Lipinski definition) is 0. The molecule has 0 saturated heterocycles. The van der Waals surface area contributed by atoms with E-state index in [1.165, 1.54) is 44.9 Å². The van der Waals surface area contributed by atoms with Gasteiger partial charge in [-0.1, -0.05) is 139 Å². The Hall–Kier alpha value is -2.29. The molecule has 0 aromatic rings. The van der Waals surface area contributed by atoms with Gasteiger partial charge in [-0.15, -0.1) is 0 Å². The number of esters is 2. The Morgan fingerprint density at radius 2 is 1.10 bits per heavy atom. The number of hydrogen-bond acceptors (Lipinski definition) is 8. The van der Waals surface area contributed by atoms with Crippen molar-refractivity contribution >= 4 is 19.8 Å². The van der Waals surface area contributed by atoms with Gasteiger partial charge in [0.1, 0.15) is 19.8 Å². The van der Waals surface area contributed by atoms with Gasteiger partial charge in [-0.05, 0) is 51.4 Å². The van der Waals surface area contributed by atoms with Crippen LogP contribution in [-0.2, 0) is 32.7 Å². The highest BCUT2D eigenvalue weighted by molar-refractivity contribution is 7.45. The molecule has 0 fully saturated rings. The summed E-state index contributed by atoms with van der Waals surface area (Å²) >= 11 is 0. The summed E-state index contributed by atoms with van der Waals surface area (Å²) in [7, 11) is 1.13. The Kier molecular flexibility index (Phi) is 33.0. The molecule has 0 aliphatic heterocycles. The lowest BCUT2D eigenvalue weighted by Gasteiger charge is -2.28. The third-order valence-corrected chi connectivity index (χ3v) is 9.02. The quantitative estimate of drug-likeness (QED) is 0.0207. The molecule has 0 amide bonds. The first kappa shape index (κ1) is 49.7. The van der Waals surface area contributed by atoms with Crippen LogP contribution in [0.25, 0.3) is 0 Å². The molecular weight excluding hydrogens is 677 g/mol. The molecule has 0 aromatic carbocycles. The molecule has 0 bridgehead atoms. The average Bonchev–Trinajstić information content (AvgIpc) is 3.09. The fourth-order valence-electron chi connectivity index (χ4n) is 4.92. The van der Waals surface area contributed by atoms with E-state index in [4.69, 9.17) is 18.5 Å². The summed E-state index contributed by atoms with van der Waals surface area (Å²) in [5.41, 5.74) is 0. The van der Waals surface area contributed by atoms with E-state index in [0.717, 1.165) is 57.8 Å². The third-order valence-electron chi connectivity index (χ3n) is 8.05. The molecule has 0 saturated carbocycles. The van der Waals surface area contributed by atoms with Crippen LogP contribution < -0.4 is 4.89 Å². The highest BCUT2D eigenvalue weighted by Crippen LogP contribution is 2.38. The molecule has 10 heteroatoms. The molecule has 0 radical (unpaired) electrons. The van der Waals surface area contributed by atoms with Crippen molar-refractivity contribution in [1.82, 2.24) is 0 Å². The van der Waals surface area contributed by atoms with Crippen LogP contribution in [0.1, 0.15) is 142 Å². The minimum atomic E-state index is -4.63. The molecule has 300 valence electrons. The Morgan fingerprint density at radius 1 is 0.615 bits per heavy atom. The first-order valence-electron chi connectivity index (χ1n) is 20.0. The zero-order valence-electron chi connectivity index (χ0n) is 33.5. The number of phosphoric ester groups is 1. The van der Waals surface area contributed by atoms with E-state index in [0.29, 0.717) is 23.9 Å². The predicted molar refractivity (Wildman–Crippen MR) is 213 cm³/mol. The second-order valence-electron chi connectivity index (χ2n) is 14.3. The topological polar surface area (TPSA) is 111 Å². The van der Waals surface area contributed by atoms with Crippen molar-refractivity contribution in [2.24, 2.45) is 0 Å². The summed E-state index contributed by atoms with van der Waals surface area (Å²) in [6.07, 6.45) is 39.7. The SMILES string of the molecule is CC/C=C/C/C=C/C/C=C/C/C=C/C/C=C/CCCC(=O)OC[C@@H](COP(=O)([O-])OCC[N+](C)(C)C)OC(=O)CCCCCCCCCCCCC. The minimum absolute atomic E-state index is 0.0412. The van der Waals surface area contributed by atoms with E-state index in [1.54, 1.807) is 0 Å². The Morgan fingerprint density at radius 3 is 1.62 bits per heavy atom. The molecule has 0 N–H and O–H groups in total. The van der Waals surface area contributed by atoms with Crippen molar-refractivity contribution in [2.45, 2.75) is 148 Å². The largest absolute Gasteiger partial charge is 0.756 e. The van der Waals surface area contributed by atoms with Gasteiger partial charge in [-0.3, -0.25) is 14.2 Å². The zero-order chi connectivity index (χ0) is 38.6. The zero-order valence-corrected chi connectivity index (χ0v) is 34.4. The van der Waals surface area contributed by atoms with Crippen molar-refractivity contribution in [3.8, 4) is 0 Å². The van der Waals surface area contributed by atoms with E-state index >= 15 is 0 Å². The number of quaternary nitrogens is 1. The lowest BCUT2D eigenvalue weighted by Crippen LogP contribution is -2.37. The minimum Gasteiger partial charge on any atom is -0.756 e. The maximum atomic E-state index is 12.6. The Bertz CT molecular complexity index is 1080. The van der Waals surface area contributed by atoms with Crippen molar-refractivity contribution in [3.63, 3.8) is 0 Å². The normalized spacial score (nSPS) is 14.3. The molecule has 0 rings (SSSR count). The number of ether oxygens (including phenoxy) is 2. The monoisotopic (exact) mass is 752 g/mol. The van der Waals surface area contributed by atoms with Gasteiger partial charge in [-0.2, -0.15) is 0 Å². The Balaban J connectivity index is 4.51. The van der Waals surface area contributed by atoms with E-state index in [2.05, 4.69) is 68.5 Å². The van der Waals surface area contributed by atoms with Crippen molar-refractivity contribution in [3.05, 3.63) is 60.8 Å². The maximum Gasteiger partial charge on any atom is 0.306 e. The first-order chi connectivity index (χ1) is 25.0. The number of carbonyl (C=O) groups excluding carboxylic acids is 2. The lowest BCUT2D eigenvalue weighted by molar-refractivity contribution is -0.870. The van der Waals surface area contributed by atoms with Crippen LogP contribution in [0.5, 0.6) is 0 Å². The second-order valence-corrected chi connectivity index (χ2v) is 15.7. The number of rotatable bonds is 35. The van der Waals surface area contributed by atoms with Crippen LogP contribution in [-0.4, -0.2) is 70.0 Å². The van der Waals surface area contributed by atoms with Gasteiger partial charge in [0.05, 0.1) is 27.7 Å². The molecule has 0 aliphatic rings. The summed E-state index contributed by atoms with van der Waals surface area (Å²) in [6, 6.07) is 0. The molecule has 52 heavy (non-hydrogen) atoms. The van der Waals surface area contributed by atoms with Crippen molar-refractivity contribution in [1.29, 1.82) is 0 Å². The van der Waals surface area contributed by atoms with Gasteiger partial charge in [0, 0.05) is 12.8 Å². The molecule has 2 atom stereocenters. The summed E-state index contributed by atoms with van der Waals surface area (Å²) in [5.74, 6) is -0.908. The molecule has 0 heterocycles. The fourth-order valence-corrected chi connectivity index (χ4v) is 5.65. The van der Waals surface area contributed by atoms with Gasteiger partial charge in [-0.25, -0.2) is 0 Å². The third kappa shape index (κ3) is 37.5. The number of likely N-dealkylation sites (N-methyl/N-ethyl adjacent to an activating group) is 1. The van der Waals surface area contributed by atoms with E-state index in [-0.39, 0.29) is 26.1 Å². The highest BCUT2D eigenvalue weighted by atomic mass is 31.2. The molecule has 1 unspecified atom stereocenters. The summed E-state index contributed by atoms with van der Waals surface area (Å²) in [4.78, 5) is 37.3. The molecule has 0 aromatic heterocycles. The number of allylic oxidation sites excluding steroid dienone is 10. The van der Waals surface area contributed by atoms with Gasteiger partial charge in [0.2, 0.25) is 0 Å². The lowest BCUT2D eigenvalue weighted by atomic mass is 10.1. The molecule has 9 nitrogen and oxygen atoms in total. The van der Waals surface area contributed by atoms with Crippen LogP contribution >= 0.6 is 7.82 Å². The fraction of sp³-hybridized carbons (Fsp3) is 0.714. The van der Waals surface area contributed by atoms with Gasteiger partial charge < -0.3 is 27.9 Å². The summed E-state index contributed by atoms with van der Waals surface area (Å²) < 4.78 is 33.7. The van der Waals surface area contributed by atoms with Gasteiger partial charge in [0.25, 0.3) is 7.82 Å². The smallest absolute Gasteiger partial charge is 0.306 e. The van der Waals surface area contributed by atoms with E-state index in [1.807, 2.05) is 27.2 Å².